The minimum Gasteiger partial charge on any atom is -0.478 e. The fourth-order valence-corrected chi connectivity index (χ4v) is 11.0. The van der Waals surface area contributed by atoms with Gasteiger partial charge < -0.3 is 25.4 Å². The summed E-state index contributed by atoms with van der Waals surface area (Å²) in [6.45, 7) is 4.44. The van der Waals surface area contributed by atoms with Crippen molar-refractivity contribution in [2.75, 3.05) is 12.8 Å². The van der Waals surface area contributed by atoms with Crippen molar-refractivity contribution in [1.82, 2.24) is 15.5 Å². The minimum absolute atomic E-state index is 0.0889. The number of hydrogen-bond acceptors (Lipinski definition) is 5. The molecule has 7 rings (SSSR count). The summed E-state index contributed by atoms with van der Waals surface area (Å²) in [4.78, 5) is 55.3. The molecule has 0 aromatic heterocycles. The highest BCUT2D eigenvalue weighted by molar-refractivity contribution is 6.79. The lowest BCUT2D eigenvalue weighted by Gasteiger charge is -2.32. The van der Waals surface area contributed by atoms with Crippen LogP contribution in [0, 0.1) is 0 Å². The summed E-state index contributed by atoms with van der Waals surface area (Å²) in [5.41, 5.74) is 7.55. The first kappa shape index (κ1) is 34.2. The van der Waals surface area contributed by atoms with E-state index in [0.717, 1.165) is 47.1 Å². The van der Waals surface area contributed by atoms with E-state index >= 15 is 0 Å². The molecule has 1 saturated heterocycles. The second-order valence-corrected chi connectivity index (χ2v) is 19.8. The van der Waals surface area contributed by atoms with Crippen LogP contribution < -0.4 is 10.6 Å². The number of amides is 3. The summed E-state index contributed by atoms with van der Waals surface area (Å²) < 4.78 is 5.85. The summed E-state index contributed by atoms with van der Waals surface area (Å²) in [5.74, 6) is -1.73. The smallest absolute Gasteiger partial charge is 0.407 e. The molecule has 3 aliphatic rings. The standard InChI is InChI=1S/C41H43N3O6Si/c1-51(2)24-37(38(45)42-35-17-9-11-27-10-3-4-12-29(27)35)44(25-51)39(46)36(22-26-18-20-28(21-19-26)40(47)48)43-41(49)50-23-34-32-15-7-5-13-30(32)31-14-6-8-16-33(31)34/h3-8,10,12-16,18-21,34-37H,9,11,17,22-25H2,1-2H3,(H,42,45)(H,43,49)(H,47,48). The second-order valence-electron chi connectivity index (χ2n) is 14.7. The van der Waals surface area contributed by atoms with Crippen LogP contribution in [0.3, 0.4) is 0 Å². The molecule has 3 amide bonds. The predicted octanol–water partition coefficient (Wildman–Crippen LogP) is 6.49. The van der Waals surface area contributed by atoms with Crippen molar-refractivity contribution in [2.24, 2.45) is 0 Å². The third kappa shape index (κ3) is 7.19. The largest absolute Gasteiger partial charge is 0.478 e. The number of fused-ring (bicyclic) bond motifs is 4. The van der Waals surface area contributed by atoms with Gasteiger partial charge in [-0.25, -0.2) is 9.59 Å². The molecule has 3 unspecified atom stereocenters. The Hall–Kier alpha value is -5.22. The van der Waals surface area contributed by atoms with Gasteiger partial charge in [-0.3, -0.25) is 9.59 Å². The fraction of sp³-hybridized carbons (Fsp3) is 0.317. The highest BCUT2D eigenvalue weighted by Gasteiger charge is 2.47. The normalized spacial score (nSPS) is 19.3. The summed E-state index contributed by atoms with van der Waals surface area (Å²) in [6.07, 6.45) is 2.64. The molecule has 4 aromatic rings. The van der Waals surface area contributed by atoms with E-state index in [4.69, 9.17) is 4.74 Å². The van der Waals surface area contributed by atoms with Crippen molar-refractivity contribution in [2.45, 2.75) is 68.9 Å². The maximum Gasteiger partial charge on any atom is 0.407 e. The highest BCUT2D eigenvalue weighted by atomic mass is 28.3. The zero-order valence-corrected chi connectivity index (χ0v) is 29.9. The first-order valence-corrected chi connectivity index (χ1v) is 21.1. The molecule has 9 nitrogen and oxygen atoms in total. The number of nitrogens with one attached hydrogen (secondary N) is 2. The van der Waals surface area contributed by atoms with Crippen LogP contribution in [-0.4, -0.2) is 66.8 Å². The molecule has 0 bridgehead atoms. The van der Waals surface area contributed by atoms with Crippen LogP contribution in [-0.2, 0) is 27.2 Å². The molecule has 10 heteroatoms. The minimum atomic E-state index is -1.99. The van der Waals surface area contributed by atoms with E-state index in [1.54, 1.807) is 17.0 Å². The molecule has 3 atom stereocenters. The summed E-state index contributed by atoms with van der Waals surface area (Å²) in [6, 6.07) is 29.4. The Balaban J connectivity index is 1.11. The Bertz CT molecular complexity index is 1930. The van der Waals surface area contributed by atoms with Crippen molar-refractivity contribution < 1.29 is 29.0 Å². The molecule has 3 N–H and O–H groups in total. The van der Waals surface area contributed by atoms with Gasteiger partial charge in [-0.1, -0.05) is 98.0 Å². The van der Waals surface area contributed by atoms with Gasteiger partial charge in [0.15, 0.2) is 0 Å². The molecule has 1 fully saturated rings. The van der Waals surface area contributed by atoms with E-state index in [2.05, 4.69) is 48.0 Å². The molecule has 2 aliphatic carbocycles. The van der Waals surface area contributed by atoms with E-state index in [-0.39, 0.29) is 42.4 Å². The van der Waals surface area contributed by atoms with Gasteiger partial charge in [0.25, 0.3) is 0 Å². The van der Waals surface area contributed by atoms with E-state index in [1.807, 2.05) is 48.5 Å². The van der Waals surface area contributed by atoms with Gasteiger partial charge in [-0.15, -0.1) is 0 Å². The maximum atomic E-state index is 14.5. The van der Waals surface area contributed by atoms with Crippen molar-refractivity contribution in [1.29, 1.82) is 0 Å². The van der Waals surface area contributed by atoms with Crippen LogP contribution in [0.5, 0.6) is 0 Å². The number of carbonyl (C=O) groups is 4. The number of alkyl carbamates (subject to hydrolysis) is 1. The number of ether oxygens (including phenoxy) is 1. The van der Waals surface area contributed by atoms with Gasteiger partial charge >= 0.3 is 12.1 Å². The van der Waals surface area contributed by atoms with Gasteiger partial charge in [0.05, 0.1) is 19.7 Å². The third-order valence-corrected chi connectivity index (χ3v) is 13.3. The van der Waals surface area contributed by atoms with Gasteiger partial charge in [-0.2, -0.15) is 0 Å². The molecule has 1 heterocycles. The molecule has 0 saturated carbocycles. The van der Waals surface area contributed by atoms with Crippen LogP contribution in [0.2, 0.25) is 19.1 Å². The lowest BCUT2D eigenvalue weighted by atomic mass is 9.87. The number of aryl methyl sites for hydroxylation is 1. The average Bonchev–Trinajstić information content (AvgIpc) is 3.64. The van der Waals surface area contributed by atoms with Crippen LogP contribution in [0.1, 0.15) is 63.0 Å². The van der Waals surface area contributed by atoms with Crippen LogP contribution in [0.4, 0.5) is 4.79 Å². The molecular weight excluding hydrogens is 659 g/mol. The molecule has 4 aromatic carbocycles. The molecule has 0 radical (unpaired) electrons. The second kappa shape index (κ2) is 14.2. The van der Waals surface area contributed by atoms with E-state index in [1.165, 1.54) is 17.7 Å². The zero-order chi connectivity index (χ0) is 35.7. The number of benzene rings is 4. The highest BCUT2D eigenvalue weighted by Crippen LogP contribution is 2.44. The number of carbonyl (C=O) groups excluding carboxylic acids is 3. The average molecular weight is 702 g/mol. The first-order chi connectivity index (χ1) is 24.6. The Morgan fingerprint density at radius 1 is 0.863 bits per heavy atom. The first-order valence-electron chi connectivity index (χ1n) is 17.7. The van der Waals surface area contributed by atoms with Crippen LogP contribution in [0.15, 0.2) is 97.1 Å². The molecule has 0 spiro atoms. The molecule has 51 heavy (non-hydrogen) atoms. The van der Waals surface area contributed by atoms with Gasteiger partial charge in [-0.05, 0) is 76.4 Å². The van der Waals surface area contributed by atoms with E-state index in [9.17, 15) is 24.3 Å². The topological polar surface area (TPSA) is 125 Å². The SMILES string of the molecule is C[Si]1(C)CC(C(=O)NC2CCCc3ccccc32)N(C(=O)C(Cc2ccc(C(=O)O)cc2)NC(=O)OCC2c3ccccc3-c3ccccc32)C1. The number of aromatic carboxylic acids is 1. The molecule has 262 valence electrons. The molecule has 1 aliphatic heterocycles. The zero-order valence-electron chi connectivity index (χ0n) is 28.9. The van der Waals surface area contributed by atoms with E-state index < -0.39 is 32.2 Å². The Labute approximate surface area is 299 Å². The lowest BCUT2D eigenvalue weighted by molar-refractivity contribution is -0.139. The van der Waals surface area contributed by atoms with Gasteiger partial charge in [0, 0.05) is 18.5 Å². The number of rotatable bonds is 9. The third-order valence-electron chi connectivity index (χ3n) is 10.6. The monoisotopic (exact) mass is 701 g/mol. The fourth-order valence-electron chi connectivity index (χ4n) is 8.11. The quantitative estimate of drug-likeness (QED) is 0.172. The summed E-state index contributed by atoms with van der Waals surface area (Å²) >= 11 is 0. The summed E-state index contributed by atoms with van der Waals surface area (Å²) in [7, 11) is -1.99. The van der Waals surface area contributed by atoms with Crippen LogP contribution in [0.25, 0.3) is 11.1 Å². The summed E-state index contributed by atoms with van der Waals surface area (Å²) in [5, 5.41) is 15.5. The predicted molar refractivity (Wildman–Crippen MR) is 197 cm³/mol. The van der Waals surface area contributed by atoms with E-state index in [0.29, 0.717) is 17.8 Å². The number of hydrogen-bond donors (Lipinski definition) is 3. The van der Waals surface area contributed by atoms with Gasteiger partial charge in [0.2, 0.25) is 11.8 Å². The Morgan fingerprint density at radius 2 is 1.49 bits per heavy atom. The Kier molecular flexibility index (Phi) is 9.52. The van der Waals surface area contributed by atoms with Crippen molar-refractivity contribution in [3.05, 3.63) is 130 Å². The van der Waals surface area contributed by atoms with Crippen molar-refractivity contribution in [3.63, 3.8) is 0 Å². The van der Waals surface area contributed by atoms with Crippen molar-refractivity contribution >= 4 is 32.0 Å². The molecular formula is C41H43N3O6Si. The number of nitrogens with zero attached hydrogens (tertiary/aromatic N) is 1. The van der Waals surface area contributed by atoms with Crippen LogP contribution >= 0.6 is 0 Å². The lowest BCUT2D eigenvalue weighted by Crippen LogP contribution is -2.55. The maximum absolute atomic E-state index is 14.5. The number of carboxylic acids is 1. The number of carboxylic acid groups (broad SMARTS) is 1. The van der Waals surface area contributed by atoms with Gasteiger partial charge in [0.1, 0.15) is 18.7 Å². The van der Waals surface area contributed by atoms with Crippen molar-refractivity contribution in [3.8, 4) is 11.1 Å². The Morgan fingerprint density at radius 3 is 2.16 bits per heavy atom.